The van der Waals surface area contributed by atoms with Crippen molar-refractivity contribution in [2.75, 3.05) is 7.05 Å². The molecule has 2 unspecified atom stereocenters. The molecule has 1 aromatic rings. The maximum Gasteiger partial charge on any atom is 0.242 e. The van der Waals surface area contributed by atoms with Crippen LogP contribution in [0, 0.1) is 6.92 Å². The summed E-state index contributed by atoms with van der Waals surface area (Å²) in [4.78, 5) is 4.56. The van der Waals surface area contributed by atoms with Gasteiger partial charge in [-0.1, -0.05) is 31.2 Å². The molecule has 6 heteroatoms. The third-order valence-corrected chi connectivity index (χ3v) is 6.52. The molecule has 0 spiro atoms. The molecule has 2 rings (SSSR count). The van der Waals surface area contributed by atoms with Gasteiger partial charge < -0.3 is 5.73 Å². The Morgan fingerprint density at radius 2 is 2.00 bits per heavy atom. The highest BCUT2D eigenvalue weighted by Gasteiger charge is 2.49. The van der Waals surface area contributed by atoms with E-state index in [9.17, 15) is 8.42 Å². The summed E-state index contributed by atoms with van der Waals surface area (Å²) in [5.41, 5.74) is 6.98. The highest BCUT2D eigenvalue weighted by atomic mass is 32.2. The first-order valence-corrected chi connectivity index (χ1v) is 8.17. The zero-order chi connectivity index (χ0) is 15.1. The lowest BCUT2D eigenvalue weighted by Crippen LogP contribution is -2.56. The quantitative estimate of drug-likeness (QED) is 0.900. The van der Waals surface area contributed by atoms with Gasteiger partial charge in [-0.2, -0.15) is 0 Å². The zero-order valence-corrected chi connectivity index (χ0v) is 13.1. The van der Waals surface area contributed by atoms with Crippen molar-refractivity contribution in [3.63, 3.8) is 0 Å². The Morgan fingerprint density at radius 1 is 1.40 bits per heavy atom. The molecule has 2 N–H and O–H groups in total. The van der Waals surface area contributed by atoms with E-state index in [2.05, 4.69) is 4.99 Å². The second-order valence-electron chi connectivity index (χ2n) is 5.22. The van der Waals surface area contributed by atoms with Crippen molar-refractivity contribution in [2.45, 2.75) is 38.0 Å². The average Bonchev–Trinajstić information content (AvgIpc) is 2.42. The Bertz CT molecular complexity index is 654. The number of hydrogen-bond donors (Lipinski definition) is 1. The van der Waals surface area contributed by atoms with Gasteiger partial charge in [0.15, 0.2) is 0 Å². The SMILES string of the molecule is CCC1(c2ccccc2C)N=C(N)N(C)S(=O)(=O)C1C. The molecule has 110 valence electrons. The highest BCUT2D eigenvalue weighted by molar-refractivity contribution is 7.90. The van der Waals surface area contributed by atoms with E-state index < -0.39 is 20.8 Å². The third-order valence-electron chi connectivity index (χ3n) is 4.29. The number of guanidine groups is 1. The fraction of sp³-hybridized carbons (Fsp3) is 0.500. The first-order valence-electron chi connectivity index (χ1n) is 6.66. The van der Waals surface area contributed by atoms with Crippen LogP contribution in [0.1, 0.15) is 31.4 Å². The van der Waals surface area contributed by atoms with Crippen molar-refractivity contribution in [1.29, 1.82) is 0 Å². The molecular formula is C14H21N3O2S. The fourth-order valence-electron chi connectivity index (χ4n) is 2.87. The van der Waals surface area contributed by atoms with E-state index in [4.69, 9.17) is 5.73 Å². The number of rotatable bonds is 2. The van der Waals surface area contributed by atoms with E-state index in [1.165, 1.54) is 7.05 Å². The van der Waals surface area contributed by atoms with Gasteiger partial charge >= 0.3 is 0 Å². The van der Waals surface area contributed by atoms with Crippen LogP contribution in [0.4, 0.5) is 0 Å². The summed E-state index contributed by atoms with van der Waals surface area (Å²) >= 11 is 0. The Labute approximate surface area is 120 Å². The topological polar surface area (TPSA) is 75.8 Å². The summed E-state index contributed by atoms with van der Waals surface area (Å²) in [6.45, 7) is 5.62. The first kappa shape index (κ1) is 14.8. The zero-order valence-electron chi connectivity index (χ0n) is 12.3. The minimum atomic E-state index is -3.50. The van der Waals surface area contributed by atoms with Crippen LogP contribution in [0.5, 0.6) is 0 Å². The highest BCUT2D eigenvalue weighted by Crippen LogP contribution is 2.41. The molecule has 0 aliphatic carbocycles. The predicted octanol–water partition coefficient (Wildman–Crippen LogP) is 1.58. The third kappa shape index (κ3) is 1.90. The van der Waals surface area contributed by atoms with Crippen molar-refractivity contribution in [3.8, 4) is 0 Å². The summed E-state index contributed by atoms with van der Waals surface area (Å²) in [6, 6.07) is 7.75. The van der Waals surface area contributed by atoms with E-state index in [1.807, 2.05) is 38.1 Å². The number of benzene rings is 1. The molecule has 1 aromatic carbocycles. The van der Waals surface area contributed by atoms with E-state index in [1.54, 1.807) is 6.92 Å². The molecule has 5 nitrogen and oxygen atoms in total. The van der Waals surface area contributed by atoms with Gasteiger partial charge in [-0.05, 0) is 31.4 Å². The second-order valence-corrected chi connectivity index (χ2v) is 7.50. The van der Waals surface area contributed by atoms with Crippen molar-refractivity contribution in [3.05, 3.63) is 35.4 Å². The largest absolute Gasteiger partial charge is 0.369 e. The van der Waals surface area contributed by atoms with E-state index in [0.717, 1.165) is 15.4 Å². The van der Waals surface area contributed by atoms with Crippen LogP contribution in [-0.4, -0.2) is 31.0 Å². The summed E-state index contributed by atoms with van der Waals surface area (Å²) in [5, 5.41) is -0.654. The summed E-state index contributed by atoms with van der Waals surface area (Å²) in [5.74, 6) is 0.0493. The number of sulfonamides is 1. The van der Waals surface area contributed by atoms with Crippen LogP contribution >= 0.6 is 0 Å². The van der Waals surface area contributed by atoms with Crippen molar-refractivity contribution < 1.29 is 8.42 Å². The molecule has 0 amide bonds. The van der Waals surface area contributed by atoms with Crippen LogP contribution in [0.15, 0.2) is 29.3 Å². The molecular weight excluding hydrogens is 274 g/mol. The molecule has 2 atom stereocenters. The van der Waals surface area contributed by atoms with Gasteiger partial charge in [-0.15, -0.1) is 0 Å². The first-order chi connectivity index (χ1) is 9.27. The Balaban J connectivity index is 2.77. The number of nitrogens with zero attached hydrogens (tertiary/aromatic N) is 2. The monoisotopic (exact) mass is 295 g/mol. The van der Waals surface area contributed by atoms with Gasteiger partial charge in [0.05, 0.1) is 0 Å². The lowest BCUT2D eigenvalue weighted by atomic mass is 9.82. The van der Waals surface area contributed by atoms with Gasteiger partial charge in [0.1, 0.15) is 10.8 Å². The van der Waals surface area contributed by atoms with Gasteiger partial charge in [0.25, 0.3) is 0 Å². The van der Waals surface area contributed by atoms with Gasteiger partial charge in [0, 0.05) is 7.05 Å². The molecule has 0 saturated heterocycles. The van der Waals surface area contributed by atoms with Gasteiger partial charge in [-0.25, -0.2) is 17.7 Å². The Morgan fingerprint density at radius 3 is 2.55 bits per heavy atom. The van der Waals surface area contributed by atoms with E-state index in [0.29, 0.717) is 6.42 Å². The molecule has 0 aromatic heterocycles. The molecule has 0 radical (unpaired) electrons. The summed E-state index contributed by atoms with van der Waals surface area (Å²) < 4.78 is 26.2. The molecule has 0 saturated carbocycles. The fourth-order valence-corrected chi connectivity index (χ4v) is 4.49. The lowest BCUT2D eigenvalue weighted by molar-refractivity contribution is 0.378. The standard InChI is InChI=1S/C14H21N3O2S/c1-5-14(12-9-7-6-8-10(12)2)11(3)20(18,19)17(4)13(15)16-14/h6-9,11H,5H2,1-4H3,(H2,15,16). The van der Waals surface area contributed by atoms with Gasteiger partial charge in [-0.3, -0.25) is 0 Å². The molecule has 1 heterocycles. The van der Waals surface area contributed by atoms with E-state index in [-0.39, 0.29) is 5.96 Å². The van der Waals surface area contributed by atoms with Crippen molar-refractivity contribution in [2.24, 2.45) is 10.7 Å². The number of hydrogen-bond acceptors (Lipinski definition) is 4. The number of aliphatic imine (C=N–C) groups is 1. The van der Waals surface area contributed by atoms with Crippen LogP contribution in [-0.2, 0) is 15.6 Å². The molecule has 1 aliphatic heterocycles. The predicted molar refractivity (Wildman–Crippen MR) is 80.9 cm³/mol. The van der Waals surface area contributed by atoms with Gasteiger partial charge in [0.2, 0.25) is 16.0 Å². The lowest BCUT2D eigenvalue weighted by Gasteiger charge is -2.42. The van der Waals surface area contributed by atoms with Crippen molar-refractivity contribution in [1.82, 2.24) is 4.31 Å². The number of nitrogens with two attached hydrogens (primary N) is 1. The Kier molecular flexibility index (Phi) is 3.54. The maximum absolute atomic E-state index is 12.5. The second kappa shape index (κ2) is 4.77. The summed E-state index contributed by atoms with van der Waals surface area (Å²) in [6.07, 6.45) is 0.576. The van der Waals surface area contributed by atoms with E-state index >= 15 is 0 Å². The maximum atomic E-state index is 12.5. The molecule has 0 fully saturated rings. The molecule has 1 aliphatic rings. The molecule has 0 bridgehead atoms. The molecule has 20 heavy (non-hydrogen) atoms. The smallest absolute Gasteiger partial charge is 0.242 e. The Hall–Kier alpha value is -1.56. The van der Waals surface area contributed by atoms with Crippen LogP contribution in [0.3, 0.4) is 0 Å². The van der Waals surface area contributed by atoms with Crippen LogP contribution in [0.25, 0.3) is 0 Å². The summed E-state index contributed by atoms with van der Waals surface area (Å²) in [7, 11) is -2.05. The van der Waals surface area contributed by atoms with Crippen LogP contribution < -0.4 is 5.73 Å². The average molecular weight is 295 g/mol. The van der Waals surface area contributed by atoms with Crippen molar-refractivity contribution >= 4 is 16.0 Å². The normalized spacial score (nSPS) is 29.1. The minimum Gasteiger partial charge on any atom is -0.369 e. The van der Waals surface area contributed by atoms with Crippen LogP contribution in [0.2, 0.25) is 0 Å². The minimum absolute atomic E-state index is 0.0493. The number of aryl methyl sites for hydroxylation is 1.